The molecule has 0 saturated carbocycles. The number of hydrogen-bond donors (Lipinski definition) is 0. The highest BCUT2D eigenvalue weighted by Crippen LogP contribution is 2.59. The summed E-state index contributed by atoms with van der Waals surface area (Å²) in [6.07, 6.45) is 3.76. The van der Waals surface area contributed by atoms with E-state index >= 15 is 0 Å². The van der Waals surface area contributed by atoms with E-state index in [4.69, 9.17) is 29.9 Å². The number of aromatic nitrogens is 6. The first kappa shape index (κ1) is 42.4. The van der Waals surface area contributed by atoms with Crippen LogP contribution in [-0.4, -0.2) is 29.9 Å². The standard InChI is InChI=1S/C65H48N6/c1-37-33-53(39(3)31-51(37)59-27-23-45-19-17-43-15-13-41(5)68-61(43)63(45)70-59)65(54-34-38(2)52(32-40(54)4)60-28-24-46-20-18-44-16-14-42(6)69-62(44)64(46)71-60)55-35-47(57-11-7-9-29-66-57)21-25-49(55)50-26-22-48(36-56(50)65)58-12-8-10-30-67-58/h7-36H,1-6H3. The van der Waals surface area contributed by atoms with Gasteiger partial charge < -0.3 is 0 Å². The van der Waals surface area contributed by atoms with Crippen LogP contribution < -0.4 is 0 Å². The minimum Gasteiger partial charge on any atom is -0.256 e. The van der Waals surface area contributed by atoms with Crippen molar-refractivity contribution in [1.82, 2.24) is 29.9 Å². The topological polar surface area (TPSA) is 77.3 Å². The zero-order chi connectivity index (χ0) is 48.1. The Bertz CT molecular complexity index is 3910. The molecule has 1 aliphatic carbocycles. The Morgan fingerprint density at radius 3 is 1.10 bits per heavy atom. The van der Waals surface area contributed by atoms with E-state index in [2.05, 4.69) is 185 Å². The van der Waals surface area contributed by atoms with E-state index in [0.717, 1.165) is 122 Å². The van der Waals surface area contributed by atoms with Crippen molar-refractivity contribution in [3.05, 3.63) is 238 Å². The summed E-state index contributed by atoms with van der Waals surface area (Å²) in [7, 11) is 0. The average molecular weight is 913 g/mol. The molecule has 6 heterocycles. The molecule has 71 heavy (non-hydrogen) atoms. The molecule has 0 atom stereocenters. The van der Waals surface area contributed by atoms with Crippen molar-refractivity contribution in [2.24, 2.45) is 0 Å². The summed E-state index contributed by atoms with van der Waals surface area (Å²) in [4.78, 5) is 30.5. The van der Waals surface area contributed by atoms with Gasteiger partial charge in [-0.05, 0) is 170 Å². The molecule has 6 aromatic heterocycles. The highest BCUT2D eigenvalue weighted by molar-refractivity contribution is 6.05. The first-order valence-electron chi connectivity index (χ1n) is 24.3. The molecule has 0 amide bonds. The minimum absolute atomic E-state index is 0.774. The van der Waals surface area contributed by atoms with Gasteiger partial charge in [-0.3, -0.25) is 19.9 Å². The fraction of sp³-hybridized carbons (Fsp3) is 0.108. The third-order valence-electron chi connectivity index (χ3n) is 14.9. The third kappa shape index (κ3) is 6.69. The fourth-order valence-corrected chi connectivity index (χ4v) is 11.5. The van der Waals surface area contributed by atoms with Gasteiger partial charge in [0, 0.05) is 67.6 Å². The van der Waals surface area contributed by atoms with Gasteiger partial charge in [0.2, 0.25) is 0 Å². The average Bonchev–Trinajstić information content (AvgIpc) is 3.69. The lowest BCUT2D eigenvalue weighted by Crippen LogP contribution is -2.31. The van der Waals surface area contributed by atoms with Crippen molar-refractivity contribution >= 4 is 43.6 Å². The molecule has 12 aromatic rings. The van der Waals surface area contributed by atoms with E-state index in [1.165, 1.54) is 33.4 Å². The smallest absolute Gasteiger partial charge is 0.0972 e. The van der Waals surface area contributed by atoms with Crippen LogP contribution in [0.1, 0.15) is 55.9 Å². The van der Waals surface area contributed by atoms with E-state index in [1.54, 1.807) is 0 Å². The Morgan fingerprint density at radius 1 is 0.296 bits per heavy atom. The molecule has 0 unspecified atom stereocenters. The number of fused-ring (bicyclic) bond motifs is 9. The van der Waals surface area contributed by atoms with E-state index < -0.39 is 5.41 Å². The molecule has 0 aliphatic heterocycles. The summed E-state index contributed by atoms with van der Waals surface area (Å²) in [6, 6.07) is 61.5. The SMILES string of the molecule is Cc1ccc2ccc3ccc(-c4cc(C)c(C5(c6cc(C)c(-c7ccc8ccc9ccc(C)nc9c8n7)cc6C)c6cc(-c7ccccn7)ccc6-c6ccc(-c7ccccn7)cc65)cc4C)nc3c2n1. The molecule has 338 valence electrons. The molecule has 0 bridgehead atoms. The number of aryl methyl sites for hydroxylation is 6. The summed E-state index contributed by atoms with van der Waals surface area (Å²) >= 11 is 0. The first-order valence-corrected chi connectivity index (χ1v) is 24.3. The number of benzene rings is 6. The van der Waals surface area contributed by atoms with E-state index in [0.29, 0.717) is 0 Å². The van der Waals surface area contributed by atoms with Crippen LogP contribution in [0.5, 0.6) is 0 Å². The molecule has 13 rings (SSSR count). The monoisotopic (exact) mass is 912 g/mol. The van der Waals surface area contributed by atoms with Crippen LogP contribution in [-0.2, 0) is 5.41 Å². The second-order valence-corrected chi connectivity index (χ2v) is 19.4. The summed E-state index contributed by atoms with van der Waals surface area (Å²) in [5.41, 5.74) is 24.7. The Hall–Kier alpha value is -8.74. The molecule has 1 aliphatic rings. The summed E-state index contributed by atoms with van der Waals surface area (Å²) in [5.74, 6) is 0. The molecule has 0 saturated heterocycles. The molecular weight excluding hydrogens is 865 g/mol. The van der Waals surface area contributed by atoms with Crippen LogP contribution in [0.3, 0.4) is 0 Å². The van der Waals surface area contributed by atoms with Gasteiger partial charge in [0.15, 0.2) is 0 Å². The van der Waals surface area contributed by atoms with Gasteiger partial charge in [0.1, 0.15) is 0 Å². The number of pyridine rings is 6. The zero-order valence-corrected chi connectivity index (χ0v) is 40.5. The largest absolute Gasteiger partial charge is 0.256 e. The molecule has 6 aromatic carbocycles. The van der Waals surface area contributed by atoms with Gasteiger partial charge in [-0.15, -0.1) is 0 Å². The van der Waals surface area contributed by atoms with Gasteiger partial charge in [0.25, 0.3) is 0 Å². The predicted molar refractivity (Wildman–Crippen MR) is 291 cm³/mol. The van der Waals surface area contributed by atoms with Crippen molar-refractivity contribution < 1.29 is 0 Å². The first-order chi connectivity index (χ1) is 34.6. The van der Waals surface area contributed by atoms with E-state index in [9.17, 15) is 0 Å². The molecule has 0 spiro atoms. The lowest BCUT2D eigenvalue weighted by atomic mass is 9.64. The summed E-state index contributed by atoms with van der Waals surface area (Å²) < 4.78 is 0. The van der Waals surface area contributed by atoms with Crippen LogP contribution in [0.4, 0.5) is 0 Å². The maximum atomic E-state index is 5.40. The molecule has 0 fully saturated rings. The normalized spacial score (nSPS) is 12.8. The highest BCUT2D eigenvalue weighted by atomic mass is 14.8. The van der Waals surface area contributed by atoms with Crippen molar-refractivity contribution in [3.8, 4) is 56.2 Å². The van der Waals surface area contributed by atoms with Crippen LogP contribution in [0, 0.1) is 41.5 Å². The number of hydrogen-bond acceptors (Lipinski definition) is 6. The Balaban J connectivity index is 1.09. The maximum Gasteiger partial charge on any atom is 0.0972 e. The van der Waals surface area contributed by atoms with Gasteiger partial charge in [-0.25, -0.2) is 9.97 Å². The van der Waals surface area contributed by atoms with Gasteiger partial charge >= 0.3 is 0 Å². The molecular formula is C65H48N6. The highest BCUT2D eigenvalue weighted by Gasteiger charge is 2.48. The molecule has 0 radical (unpaired) electrons. The Morgan fingerprint density at radius 2 is 0.690 bits per heavy atom. The fourth-order valence-electron chi connectivity index (χ4n) is 11.5. The second kappa shape index (κ2) is 16.2. The predicted octanol–water partition coefficient (Wildman–Crippen LogP) is 15.6. The lowest BCUT2D eigenvalue weighted by molar-refractivity contribution is 0.752. The van der Waals surface area contributed by atoms with Crippen LogP contribution >= 0.6 is 0 Å². The van der Waals surface area contributed by atoms with Crippen molar-refractivity contribution in [1.29, 1.82) is 0 Å². The zero-order valence-electron chi connectivity index (χ0n) is 40.5. The van der Waals surface area contributed by atoms with Crippen molar-refractivity contribution in [2.75, 3.05) is 0 Å². The van der Waals surface area contributed by atoms with Crippen LogP contribution in [0.25, 0.3) is 99.8 Å². The molecule has 6 heteroatoms. The van der Waals surface area contributed by atoms with Gasteiger partial charge in [-0.1, -0.05) is 97.1 Å². The van der Waals surface area contributed by atoms with Crippen molar-refractivity contribution in [3.63, 3.8) is 0 Å². The van der Waals surface area contributed by atoms with Crippen LogP contribution in [0.2, 0.25) is 0 Å². The third-order valence-corrected chi connectivity index (χ3v) is 14.9. The lowest BCUT2D eigenvalue weighted by Gasteiger charge is -2.37. The second-order valence-electron chi connectivity index (χ2n) is 19.4. The van der Waals surface area contributed by atoms with Crippen molar-refractivity contribution in [2.45, 2.75) is 47.0 Å². The summed E-state index contributed by atoms with van der Waals surface area (Å²) in [6.45, 7) is 13.1. The van der Waals surface area contributed by atoms with E-state index in [1.807, 2.05) is 38.4 Å². The molecule has 0 N–H and O–H groups in total. The molecule has 6 nitrogen and oxygen atoms in total. The minimum atomic E-state index is -0.774. The number of rotatable bonds is 6. The van der Waals surface area contributed by atoms with E-state index in [-0.39, 0.29) is 0 Å². The quantitative estimate of drug-likeness (QED) is 0.155. The Kier molecular flexibility index (Phi) is 9.65. The van der Waals surface area contributed by atoms with Crippen LogP contribution in [0.15, 0.2) is 182 Å². The summed E-state index contributed by atoms with van der Waals surface area (Å²) in [5, 5.41) is 4.31. The Labute approximate surface area is 412 Å². The van der Waals surface area contributed by atoms with Gasteiger partial charge in [-0.2, -0.15) is 0 Å². The van der Waals surface area contributed by atoms with Gasteiger partial charge in [0.05, 0.1) is 50.3 Å². The maximum absolute atomic E-state index is 5.40. The number of nitrogens with zero attached hydrogens (tertiary/aromatic N) is 6.